The molecule has 0 fully saturated rings. The molecule has 0 N–H and O–H groups in total. The first-order valence-corrected chi connectivity index (χ1v) is 6.38. The lowest BCUT2D eigenvalue weighted by Gasteiger charge is -2.32. The second kappa shape index (κ2) is 5.95. The predicted octanol–water partition coefficient (Wildman–Crippen LogP) is 4.70. The highest BCUT2D eigenvalue weighted by molar-refractivity contribution is 5.32. The summed E-state index contributed by atoms with van der Waals surface area (Å²) in [6.45, 7) is 5.59. The molecule has 1 atom stereocenters. The molecule has 108 valence electrons. The van der Waals surface area contributed by atoms with Crippen LogP contribution in [-0.2, 0) is 16.8 Å². The Hall–Kier alpha value is -1.03. The van der Waals surface area contributed by atoms with Crippen molar-refractivity contribution in [2.75, 3.05) is 7.11 Å². The van der Waals surface area contributed by atoms with Crippen LogP contribution in [0.25, 0.3) is 0 Å². The summed E-state index contributed by atoms with van der Waals surface area (Å²) >= 11 is 0. The molecule has 1 rings (SSSR count). The Morgan fingerprint density at radius 3 is 2.21 bits per heavy atom. The molecule has 0 radical (unpaired) electrons. The van der Waals surface area contributed by atoms with E-state index >= 15 is 0 Å². The molecule has 0 bridgehead atoms. The fraction of sp³-hybridized carbons (Fsp3) is 0.600. The number of benzene rings is 1. The largest absolute Gasteiger partial charge is 0.392 e. The summed E-state index contributed by atoms with van der Waals surface area (Å²) in [7, 11) is 1.33. The minimum Gasteiger partial charge on any atom is -0.373 e. The molecule has 19 heavy (non-hydrogen) atoms. The summed E-state index contributed by atoms with van der Waals surface area (Å²) in [6, 6.07) is 7.22. The Morgan fingerprint density at radius 1 is 1.16 bits per heavy atom. The summed E-state index contributed by atoms with van der Waals surface area (Å²) in [6.07, 6.45) is -4.49. The molecule has 0 heterocycles. The van der Waals surface area contributed by atoms with Crippen LogP contribution in [0.3, 0.4) is 0 Å². The van der Waals surface area contributed by atoms with Crippen LogP contribution in [0, 0.1) is 5.92 Å². The van der Waals surface area contributed by atoms with Gasteiger partial charge in [-0.15, -0.1) is 0 Å². The van der Waals surface area contributed by atoms with Crippen molar-refractivity contribution in [3.05, 3.63) is 35.4 Å². The van der Waals surface area contributed by atoms with Crippen LogP contribution < -0.4 is 0 Å². The zero-order valence-corrected chi connectivity index (χ0v) is 11.8. The highest BCUT2D eigenvalue weighted by Crippen LogP contribution is 2.38. The van der Waals surface area contributed by atoms with E-state index in [9.17, 15) is 13.2 Å². The minimum atomic E-state index is -4.25. The highest BCUT2D eigenvalue weighted by Gasteiger charge is 2.41. The molecule has 0 spiro atoms. The zero-order valence-electron chi connectivity index (χ0n) is 11.8. The van der Waals surface area contributed by atoms with Crippen LogP contribution in [0.1, 0.15) is 38.3 Å². The standard InChI is InChI=1S/C15H21F3O/c1-11(2)9-12-7-5-6-8-13(12)14(3,19-4)10-15(16,17)18/h5-8,11H,9-10H2,1-4H3. The third kappa shape index (κ3) is 4.53. The van der Waals surface area contributed by atoms with E-state index in [0.29, 0.717) is 11.5 Å². The van der Waals surface area contributed by atoms with Crippen LogP contribution in [0.15, 0.2) is 24.3 Å². The van der Waals surface area contributed by atoms with Crippen LogP contribution in [0.2, 0.25) is 0 Å². The van der Waals surface area contributed by atoms with E-state index < -0.39 is 18.2 Å². The number of halogens is 3. The smallest absolute Gasteiger partial charge is 0.373 e. The molecular weight excluding hydrogens is 253 g/mol. The van der Waals surface area contributed by atoms with Gasteiger partial charge in [0.1, 0.15) is 0 Å². The zero-order chi connectivity index (χ0) is 14.7. The lowest BCUT2D eigenvalue weighted by molar-refractivity contribution is -0.181. The van der Waals surface area contributed by atoms with E-state index in [1.165, 1.54) is 14.0 Å². The summed E-state index contributed by atoms with van der Waals surface area (Å²) in [4.78, 5) is 0. The highest BCUT2D eigenvalue weighted by atomic mass is 19.4. The molecule has 0 saturated heterocycles. The van der Waals surface area contributed by atoms with Crippen molar-refractivity contribution in [1.29, 1.82) is 0 Å². The number of hydrogen-bond acceptors (Lipinski definition) is 1. The molecule has 0 amide bonds. The normalized spacial score (nSPS) is 15.6. The van der Waals surface area contributed by atoms with Crippen LogP contribution in [0.4, 0.5) is 13.2 Å². The van der Waals surface area contributed by atoms with Crippen molar-refractivity contribution < 1.29 is 17.9 Å². The Bertz CT molecular complexity index is 412. The van der Waals surface area contributed by atoms with E-state index in [-0.39, 0.29) is 0 Å². The van der Waals surface area contributed by atoms with Crippen molar-refractivity contribution in [3.63, 3.8) is 0 Å². The van der Waals surface area contributed by atoms with Gasteiger partial charge in [-0.1, -0.05) is 38.1 Å². The number of ether oxygens (including phenoxy) is 1. The molecule has 4 heteroatoms. The average Bonchev–Trinajstić information content (AvgIpc) is 2.26. The monoisotopic (exact) mass is 274 g/mol. The van der Waals surface area contributed by atoms with E-state index in [1.54, 1.807) is 12.1 Å². The van der Waals surface area contributed by atoms with E-state index in [2.05, 4.69) is 0 Å². The molecule has 0 aliphatic heterocycles. The van der Waals surface area contributed by atoms with Gasteiger partial charge in [0.2, 0.25) is 0 Å². The SMILES string of the molecule is COC(C)(CC(F)(F)F)c1ccccc1CC(C)C. The van der Waals surface area contributed by atoms with Gasteiger partial charge in [-0.3, -0.25) is 0 Å². The number of hydrogen-bond donors (Lipinski definition) is 0. The summed E-state index contributed by atoms with van der Waals surface area (Å²) < 4.78 is 43.4. The Morgan fingerprint density at radius 2 is 1.74 bits per heavy atom. The van der Waals surface area contributed by atoms with Crippen LogP contribution >= 0.6 is 0 Å². The van der Waals surface area contributed by atoms with Gasteiger partial charge in [0.25, 0.3) is 0 Å². The third-order valence-corrected chi connectivity index (χ3v) is 3.20. The van der Waals surface area contributed by atoms with Gasteiger partial charge in [0, 0.05) is 7.11 Å². The Kier molecular flexibility index (Phi) is 5.02. The third-order valence-electron chi connectivity index (χ3n) is 3.20. The van der Waals surface area contributed by atoms with E-state index in [4.69, 9.17) is 4.74 Å². The minimum absolute atomic E-state index is 0.383. The second-order valence-electron chi connectivity index (χ2n) is 5.48. The Balaban J connectivity index is 3.17. The van der Waals surface area contributed by atoms with E-state index in [1.807, 2.05) is 26.0 Å². The fourth-order valence-electron chi connectivity index (χ4n) is 2.31. The van der Waals surface area contributed by atoms with Gasteiger partial charge in [0.15, 0.2) is 0 Å². The first kappa shape index (κ1) is 16.0. The van der Waals surface area contributed by atoms with Gasteiger partial charge < -0.3 is 4.74 Å². The topological polar surface area (TPSA) is 9.23 Å². The van der Waals surface area contributed by atoms with Crippen molar-refractivity contribution in [1.82, 2.24) is 0 Å². The van der Waals surface area contributed by atoms with E-state index in [0.717, 1.165) is 12.0 Å². The maximum atomic E-state index is 12.7. The van der Waals surface area contributed by atoms with Gasteiger partial charge in [0.05, 0.1) is 12.0 Å². The van der Waals surface area contributed by atoms with Gasteiger partial charge in [-0.2, -0.15) is 13.2 Å². The molecule has 0 aliphatic carbocycles. The van der Waals surface area contributed by atoms with Gasteiger partial charge in [-0.05, 0) is 30.4 Å². The fourth-order valence-corrected chi connectivity index (χ4v) is 2.31. The van der Waals surface area contributed by atoms with Crippen molar-refractivity contribution in [2.24, 2.45) is 5.92 Å². The summed E-state index contributed by atoms with van der Waals surface area (Å²) in [5.74, 6) is 0.383. The lowest BCUT2D eigenvalue weighted by atomic mass is 9.85. The molecule has 0 aliphatic rings. The van der Waals surface area contributed by atoms with Crippen molar-refractivity contribution in [3.8, 4) is 0 Å². The first-order chi connectivity index (χ1) is 8.68. The molecule has 1 aromatic carbocycles. The van der Waals surface area contributed by atoms with Crippen LogP contribution in [-0.4, -0.2) is 13.3 Å². The molecule has 0 aromatic heterocycles. The number of rotatable bonds is 5. The lowest BCUT2D eigenvalue weighted by Crippen LogP contribution is -2.32. The average molecular weight is 274 g/mol. The molecular formula is C15H21F3O. The maximum Gasteiger partial charge on any atom is 0.392 e. The number of methoxy groups -OCH3 is 1. The quantitative estimate of drug-likeness (QED) is 0.756. The van der Waals surface area contributed by atoms with Crippen molar-refractivity contribution >= 4 is 0 Å². The van der Waals surface area contributed by atoms with Gasteiger partial charge >= 0.3 is 6.18 Å². The van der Waals surface area contributed by atoms with Gasteiger partial charge in [-0.25, -0.2) is 0 Å². The second-order valence-corrected chi connectivity index (χ2v) is 5.48. The predicted molar refractivity (Wildman–Crippen MR) is 70.0 cm³/mol. The first-order valence-electron chi connectivity index (χ1n) is 6.38. The Labute approximate surface area is 112 Å². The van der Waals surface area contributed by atoms with Crippen LogP contribution in [0.5, 0.6) is 0 Å². The maximum absolute atomic E-state index is 12.7. The van der Waals surface area contributed by atoms with Crippen molar-refractivity contribution in [2.45, 2.75) is 45.4 Å². The summed E-state index contributed by atoms with van der Waals surface area (Å²) in [5, 5.41) is 0. The molecule has 1 unspecified atom stereocenters. The molecule has 0 saturated carbocycles. The number of alkyl halides is 3. The summed E-state index contributed by atoms with van der Waals surface area (Å²) in [5.41, 5.74) is 0.221. The molecule has 1 nitrogen and oxygen atoms in total. The molecule has 1 aromatic rings.